The van der Waals surface area contributed by atoms with Crippen molar-refractivity contribution in [3.05, 3.63) is 65.7 Å². The summed E-state index contributed by atoms with van der Waals surface area (Å²) in [6.45, 7) is 1.73. The van der Waals surface area contributed by atoms with Crippen LogP contribution in [-0.4, -0.2) is 33.9 Å². The van der Waals surface area contributed by atoms with Crippen LogP contribution in [0.1, 0.15) is 22.8 Å². The highest BCUT2D eigenvalue weighted by Crippen LogP contribution is 2.33. The summed E-state index contributed by atoms with van der Waals surface area (Å²) in [4.78, 5) is 38.1. The van der Waals surface area contributed by atoms with Gasteiger partial charge in [0.25, 0.3) is 0 Å². The SMILES string of the molecule is C[C@H](CSC(=O)c1ccccc1)C(=O)N1c2ccccc2C[C@@H]1C(=O)O. The van der Waals surface area contributed by atoms with Crippen LogP contribution < -0.4 is 4.90 Å². The van der Waals surface area contributed by atoms with E-state index in [0.29, 0.717) is 23.4 Å². The summed E-state index contributed by atoms with van der Waals surface area (Å²) in [5.74, 6) is -1.46. The summed E-state index contributed by atoms with van der Waals surface area (Å²) in [5.41, 5.74) is 2.09. The molecule has 0 bridgehead atoms. The summed E-state index contributed by atoms with van der Waals surface area (Å²) in [6.07, 6.45) is 0.306. The van der Waals surface area contributed by atoms with Crippen molar-refractivity contribution in [1.29, 1.82) is 0 Å². The molecule has 0 unspecified atom stereocenters. The molecule has 3 rings (SSSR count). The molecule has 1 amide bonds. The second-order valence-corrected chi connectivity index (χ2v) is 7.25. The number of amides is 1. The molecule has 2 aromatic rings. The standard InChI is InChI=1S/C20H19NO4S/c1-13(12-26-20(25)14-7-3-2-4-8-14)18(22)21-16-10-6-5-9-15(16)11-17(21)19(23)24/h2-10,13,17H,11-12H2,1H3,(H,23,24)/t13-,17-/m1/s1. The summed E-state index contributed by atoms with van der Waals surface area (Å²) < 4.78 is 0. The number of carbonyl (C=O) groups excluding carboxylic acids is 2. The molecule has 0 saturated heterocycles. The van der Waals surface area contributed by atoms with Crippen LogP contribution in [0, 0.1) is 5.92 Å². The molecular formula is C20H19NO4S. The van der Waals surface area contributed by atoms with Gasteiger partial charge in [-0.25, -0.2) is 4.79 Å². The molecule has 0 aliphatic carbocycles. The summed E-state index contributed by atoms with van der Waals surface area (Å²) in [7, 11) is 0. The second-order valence-electron chi connectivity index (χ2n) is 6.26. The van der Waals surface area contributed by atoms with E-state index in [-0.39, 0.29) is 11.0 Å². The first kappa shape index (κ1) is 18.2. The van der Waals surface area contributed by atoms with E-state index in [0.717, 1.165) is 17.3 Å². The average molecular weight is 369 g/mol. The molecule has 2 aromatic carbocycles. The number of aliphatic carboxylic acids is 1. The number of carboxylic acids is 1. The van der Waals surface area contributed by atoms with Crippen molar-refractivity contribution >= 4 is 34.4 Å². The molecule has 1 aliphatic heterocycles. The van der Waals surface area contributed by atoms with Gasteiger partial charge in [-0.3, -0.25) is 14.5 Å². The minimum Gasteiger partial charge on any atom is -0.480 e. The van der Waals surface area contributed by atoms with Crippen LogP contribution in [0.15, 0.2) is 54.6 Å². The van der Waals surface area contributed by atoms with Gasteiger partial charge in [-0.1, -0.05) is 67.2 Å². The number of rotatable bonds is 5. The van der Waals surface area contributed by atoms with Gasteiger partial charge in [0.15, 0.2) is 0 Å². The number of carboxylic acid groups (broad SMARTS) is 1. The predicted octanol–water partition coefficient (Wildman–Crippen LogP) is 3.24. The van der Waals surface area contributed by atoms with Gasteiger partial charge in [-0.2, -0.15) is 0 Å². The van der Waals surface area contributed by atoms with Gasteiger partial charge in [0.1, 0.15) is 6.04 Å². The monoisotopic (exact) mass is 369 g/mol. The number of anilines is 1. The maximum atomic E-state index is 12.9. The largest absolute Gasteiger partial charge is 0.480 e. The Bertz CT molecular complexity index is 837. The van der Waals surface area contributed by atoms with E-state index in [9.17, 15) is 19.5 Å². The van der Waals surface area contributed by atoms with Crippen molar-refractivity contribution in [3.63, 3.8) is 0 Å². The molecule has 0 fully saturated rings. The summed E-state index contributed by atoms with van der Waals surface area (Å²) in [5, 5.41) is 9.40. The van der Waals surface area contributed by atoms with Gasteiger partial charge in [0.2, 0.25) is 11.0 Å². The van der Waals surface area contributed by atoms with Crippen LogP contribution >= 0.6 is 11.8 Å². The third-order valence-electron chi connectivity index (χ3n) is 4.39. The summed E-state index contributed by atoms with van der Waals surface area (Å²) in [6, 6.07) is 15.2. The molecule has 1 heterocycles. The normalized spacial score (nSPS) is 16.8. The number of para-hydroxylation sites is 1. The lowest BCUT2D eigenvalue weighted by molar-refractivity contribution is -0.140. The fraction of sp³-hybridized carbons (Fsp3) is 0.250. The zero-order valence-corrected chi connectivity index (χ0v) is 15.1. The van der Waals surface area contributed by atoms with Crippen LogP contribution in [0.2, 0.25) is 0 Å². The Morgan fingerprint density at radius 3 is 2.46 bits per heavy atom. The van der Waals surface area contributed by atoms with Crippen LogP contribution in [-0.2, 0) is 16.0 Å². The Balaban J connectivity index is 1.71. The van der Waals surface area contributed by atoms with E-state index in [4.69, 9.17) is 0 Å². The third-order valence-corrected chi connectivity index (χ3v) is 5.56. The molecule has 5 nitrogen and oxygen atoms in total. The number of hydrogen-bond acceptors (Lipinski definition) is 4. The van der Waals surface area contributed by atoms with Crippen molar-refractivity contribution in [2.45, 2.75) is 19.4 Å². The molecule has 134 valence electrons. The first-order valence-electron chi connectivity index (χ1n) is 8.35. The minimum atomic E-state index is -1.02. The Hall–Kier alpha value is -2.60. The molecule has 2 atom stereocenters. The van der Waals surface area contributed by atoms with Crippen LogP contribution in [0.25, 0.3) is 0 Å². The molecule has 0 radical (unpaired) electrons. The minimum absolute atomic E-state index is 0.0955. The fourth-order valence-electron chi connectivity index (χ4n) is 3.02. The molecule has 6 heteroatoms. The topological polar surface area (TPSA) is 74.7 Å². The third kappa shape index (κ3) is 3.65. The Labute approximate surface area is 156 Å². The van der Waals surface area contributed by atoms with Gasteiger partial charge >= 0.3 is 5.97 Å². The molecule has 1 N–H and O–H groups in total. The van der Waals surface area contributed by atoms with E-state index < -0.39 is 17.9 Å². The lowest BCUT2D eigenvalue weighted by Gasteiger charge is -2.25. The first-order chi connectivity index (χ1) is 12.5. The zero-order chi connectivity index (χ0) is 18.7. The Kier molecular flexibility index (Phi) is 5.42. The van der Waals surface area contributed by atoms with E-state index in [2.05, 4.69) is 0 Å². The lowest BCUT2D eigenvalue weighted by Crippen LogP contribution is -2.45. The van der Waals surface area contributed by atoms with Gasteiger partial charge < -0.3 is 5.11 Å². The maximum Gasteiger partial charge on any atom is 0.327 e. The Morgan fingerprint density at radius 1 is 1.12 bits per heavy atom. The number of thioether (sulfide) groups is 1. The maximum absolute atomic E-state index is 12.9. The zero-order valence-electron chi connectivity index (χ0n) is 14.3. The quantitative estimate of drug-likeness (QED) is 0.876. The van der Waals surface area contributed by atoms with Crippen molar-refractivity contribution in [1.82, 2.24) is 0 Å². The molecule has 0 spiro atoms. The van der Waals surface area contributed by atoms with E-state index in [1.807, 2.05) is 18.2 Å². The van der Waals surface area contributed by atoms with Crippen molar-refractivity contribution < 1.29 is 19.5 Å². The van der Waals surface area contributed by atoms with Crippen molar-refractivity contribution in [2.75, 3.05) is 10.7 Å². The number of nitrogens with zero attached hydrogens (tertiary/aromatic N) is 1. The van der Waals surface area contributed by atoms with E-state index >= 15 is 0 Å². The van der Waals surface area contributed by atoms with Gasteiger partial charge in [-0.15, -0.1) is 0 Å². The van der Waals surface area contributed by atoms with Gasteiger partial charge in [0.05, 0.1) is 0 Å². The van der Waals surface area contributed by atoms with Crippen LogP contribution in [0.5, 0.6) is 0 Å². The van der Waals surface area contributed by atoms with Gasteiger partial charge in [-0.05, 0) is 11.6 Å². The molecular weight excluding hydrogens is 350 g/mol. The molecule has 0 saturated carbocycles. The molecule has 26 heavy (non-hydrogen) atoms. The number of benzene rings is 2. The second kappa shape index (κ2) is 7.74. The number of carbonyl (C=O) groups is 3. The Morgan fingerprint density at radius 2 is 1.77 bits per heavy atom. The highest BCUT2D eigenvalue weighted by molar-refractivity contribution is 8.14. The molecule has 0 aromatic heterocycles. The highest BCUT2D eigenvalue weighted by Gasteiger charge is 2.39. The number of fused-ring (bicyclic) bond motifs is 1. The van der Waals surface area contributed by atoms with Crippen molar-refractivity contribution in [3.8, 4) is 0 Å². The van der Waals surface area contributed by atoms with Crippen LogP contribution in [0.3, 0.4) is 0 Å². The average Bonchev–Trinajstić information content (AvgIpc) is 3.05. The summed E-state index contributed by atoms with van der Waals surface area (Å²) >= 11 is 1.08. The van der Waals surface area contributed by atoms with Gasteiger partial charge in [0, 0.05) is 29.3 Å². The highest BCUT2D eigenvalue weighted by atomic mass is 32.2. The smallest absolute Gasteiger partial charge is 0.327 e. The molecule has 1 aliphatic rings. The predicted molar refractivity (Wildman–Crippen MR) is 101 cm³/mol. The van der Waals surface area contributed by atoms with Crippen molar-refractivity contribution in [2.24, 2.45) is 5.92 Å². The fourth-order valence-corrected chi connectivity index (χ4v) is 3.87. The first-order valence-corrected chi connectivity index (χ1v) is 9.33. The van der Waals surface area contributed by atoms with Crippen LogP contribution in [0.4, 0.5) is 5.69 Å². The van der Waals surface area contributed by atoms with E-state index in [1.54, 1.807) is 43.3 Å². The number of hydrogen-bond donors (Lipinski definition) is 1. The lowest BCUT2D eigenvalue weighted by atomic mass is 10.1. The van der Waals surface area contributed by atoms with E-state index in [1.165, 1.54) is 4.90 Å².